The largest absolute Gasteiger partial charge is 0.396 e. The molecule has 0 bridgehead atoms. The molecule has 1 nitrogen and oxygen atoms in total. The minimum absolute atomic E-state index is 0.199. The fourth-order valence-electron chi connectivity index (χ4n) is 1.49. The lowest BCUT2D eigenvalue weighted by molar-refractivity contribution is 0.119. The van der Waals surface area contributed by atoms with Crippen LogP contribution in [0.3, 0.4) is 0 Å². The summed E-state index contributed by atoms with van der Waals surface area (Å²) >= 11 is 0. The summed E-state index contributed by atoms with van der Waals surface area (Å²) in [5.41, 5.74) is 0.199. The van der Waals surface area contributed by atoms with Gasteiger partial charge in [0.2, 0.25) is 0 Å². The van der Waals surface area contributed by atoms with Gasteiger partial charge in [0.1, 0.15) is 0 Å². The van der Waals surface area contributed by atoms with E-state index < -0.39 is 0 Å². The van der Waals surface area contributed by atoms with Crippen LogP contribution in [-0.4, -0.2) is 11.7 Å². The van der Waals surface area contributed by atoms with E-state index in [1.54, 1.807) is 0 Å². The fraction of sp³-hybridized carbons (Fsp3) is 1.00. The van der Waals surface area contributed by atoms with E-state index in [-0.39, 0.29) is 5.41 Å². The van der Waals surface area contributed by atoms with Crippen molar-refractivity contribution in [2.45, 2.75) is 52.9 Å². The summed E-state index contributed by atoms with van der Waals surface area (Å²) in [4.78, 5) is 0. The van der Waals surface area contributed by atoms with Crippen molar-refractivity contribution in [2.24, 2.45) is 5.41 Å². The molecule has 0 saturated heterocycles. The van der Waals surface area contributed by atoms with Crippen molar-refractivity contribution in [1.29, 1.82) is 0 Å². The summed E-state index contributed by atoms with van der Waals surface area (Å²) in [5, 5.41) is 9.14. The molecule has 0 aromatic rings. The summed E-state index contributed by atoms with van der Waals surface area (Å²) in [5.74, 6) is 0. The van der Waals surface area contributed by atoms with Gasteiger partial charge in [-0.2, -0.15) is 0 Å². The third-order valence-corrected chi connectivity index (χ3v) is 2.37. The van der Waals surface area contributed by atoms with Crippen LogP contribution in [0.25, 0.3) is 0 Å². The molecule has 0 aliphatic heterocycles. The van der Waals surface area contributed by atoms with Gasteiger partial charge in [-0.3, -0.25) is 0 Å². The van der Waals surface area contributed by atoms with Gasteiger partial charge in [0.05, 0.1) is 0 Å². The highest BCUT2D eigenvalue weighted by Gasteiger charge is 2.20. The molecular formula is C10H22O. The maximum Gasteiger partial charge on any atom is 0.0484 e. The van der Waals surface area contributed by atoms with Crippen LogP contribution in [0.4, 0.5) is 0 Å². The third kappa shape index (κ3) is 4.41. The molecule has 0 aromatic heterocycles. The highest BCUT2D eigenvalue weighted by Crippen LogP contribution is 2.28. The van der Waals surface area contributed by atoms with Crippen molar-refractivity contribution in [3.05, 3.63) is 0 Å². The minimum Gasteiger partial charge on any atom is -0.396 e. The molecule has 68 valence electrons. The average molecular weight is 158 g/mol. The van der Waals surface area contributed by atoms with E-state index in [2.05, 4.69) is 20.8 Å². The SMILES string of the molecule is CCCCC(C)(CO)CCC. The van der Waals surface area contributed by atoms with Gasteiger partial charge >= 0.3 is 0 Å². The highest BCUT2D eigenvalue weighted by molar-refractivity contribution is 4.72. The number of unbranched alkanes of at least 4 members (excludes halogenated alkanes) is 1. The van der Waals surface area contributed by atoms with E-state index in [1.807, 2.05) is 0 Å². The quantitative estimate of drug-likeness (QED) is 0.630. The minimum atomic E-state index is 0.199. The van der Waals surface area contributed by atoms with Gasteiger partial charge < -0.3 is 5.11 Å². The van der Waals surface area contributed by atoms with Crippen LogP contribution in [0.15, 0.2) is 0 Å². The van der Waals surface area contributed by atoms with Crippen molar-refractivity contribution in [3.8, 4) is 0 Å². The molecular weight excluding hydrogens is 136 g/mol. The molecule has 0 aromatic carbocycles. The Morgan fingerprint density at radius 2 is 1.73 bits per heavy atom. The van der Waals surface area contributed by atoms with Crippen molar-refractivity contribution < 1.29 is 5.11 Å². The van der Waals surface area contributed by atoms with Gasteiger partial charge in [0, 0.05) is 6.61 Å². The monoisotopic (exact) mass is 158 g/mol. The van der Waals surface area contributed by atoms with Gasteiger partial charge in [-0.05, 0) is 18.3 Å². The Balaban J connectivity index is 3.68. The summed E-state index contributed by atoms with van der Waals surface area (Å²) in [6.07, 6.45) is 5.99. The van der Waals surface area contributed by atoms with Gasteiger partial charge in [-0.1, -0.05) is 40.0 Å². The zero-order valence-electron chi connectivity index (χ0n) is 8.19. The van der Waals surface area contributed by atoms with E-state index in [0.717, 1.165) is 6.42 Å². The van der Waals surface area contributed by atoms with Crippen LogP contribution in [0.1, 0.15) is 52.9 Å². The summed E-state index contributed by atoms with van der Waals surface area (Å²) in [6.45, 7) is 6.91. The second-order valence-corrected chi connectivity index (χ2v) is 3.82. The van der Waals surface area contributed by atoms with E-state index in [1.165, 1.54) is 25.7 Å². The molecule has 1 N–H and O–H groups in total. The van der Waals surface area contributed by atoms with Crippen LogP contribution in [-0.2, 0) is 0 Å². The van der Waals surface area contributed by atoms with Crippen LogP contribution in [0.2, 0.25) is 0 Å². The average Bonchev–Trinajstić information content (AvgIpc) is 2.02. The molecule has 0 aliphatic rings. The number of aliphatic hydroxyl groups excluding tert-OH is 1. The molecule has 1 heteroatoms. The van der Waals surface area contributed by atoms with Gasteiger partial charge in [-0.25, -0.2) is 0 Å². The van der Waals surface area contributed by atoms with E-state index in [0.29, 0.717) is 6.61 Å². The van der Waals surface area contributed by atoms with Gasteiger partial charge in [0.15, 0.2) is 0 Å². The zero-order chi connectivity index (χ0) is 8.74. The topological polar surface area (TPSA) is 20.2 Å². The highest BCUT2D eigenvalue weighted by atomic mass is 16.3. The van der Waals surface area contributed by atoms with Crippen molar-refractivity contribution in [3.63, 3.8) is 0 Å². The smallest absolute Gasteiger partial charge is 0.0484 e. The van der Waals surface area contributed by atoms with E-state index in [4.69, 9.17) is 5.11 Å². The Morgan fingerprint density at radius 3 is 2.09 bits per heavy atom. The predicted molar refractivity (Wildman–Crippen MR) is 49.6 cm³/mol. The van der Waals surface area contributed by atoms with Gasteiger partial charge in [0.25, 0.3) is 0 Å². The van der Waals surface area contributed by atoms with Crippen LogP contribution in [0, 0.1) is 5.41 Å². The maximum atomic E-state index is 9.14. The maximum absolute atomic E-state index is 9.14. The molecule has 11 heavy (non-hydrogen) atoms. The van der Waals surface area contributed by atoms with Crippen molar-refractivity contribution in [1.82, 2.24) is 0 Å². The van der Waals surface area contributed by atoms with Crippen LogP contribution < -0.4 is 0 Å². The second-order valence-electron chi connectivity index (χ2n) is 3.82. The number of rotatable bonds is 6. The molecule has 0 rings (SSSR count). The molecule has 0 aliphatic carbocycles. The van der Waals surface area contributed by atoms with E-state index in [9.17, 15) is 0 Å². The van der Waals surface area contributed by atoms with Crippen LogP contribution in [0.5, 0.6) is 0 Å². The van der Waals surface area contributed by atoms with Crippen molar-refractivity contribution in [2.75, 3.05) is 6.61 Å². The fourth-order valence-corrected chi connectivity index (χ4v) is 1.49. The standard InChI is InChI=1S/C10H22O/c1-4-6-8-10(3,9-11)7-5-2/h11H,4-9H2,1-3H3. The molecule has 0 heterocycles. The lowest BCUT2D eigenvalue weighted by atomic mass is 9.82. The van der Waals surface area contributed by atoms with Gasteiger partial charge in [-0.15, -0.1) is 0 Å². The Bertz CT molecular complexity index is 90.9. The summed E-state index contributed by atoms with van der Waals surface area (Å²) < 4.78 is 0. The predicted octanol–water partition coefficient (Wildman–Crippen LogP) is 2.98. The number of hydrogen-bond donors (Lipinski definition) is 1. The summed E-state index contributed by atoms with van der Waals surface area (Å²) in [7, 11) is 0. The molecule has 1 atom stereocenters. The Morgan fingerprint density at radius 1 is 1.09 bits per heavy atom. The first-order chi connectivity index (χ1) is 5.18. The Kier molecular flexibility index (Phi) is 5.57. The lowest BCUT2D eigenvalue weighted by Gasteiger charge is -2.26. The first kappa shape index (κ1) is 11.0. The normalized spacial score (nSPS) is 16.4. The second kappa shape index (κ2) is 5.59. The first-order valence-electron chi connectivity index (χ1n) is 4.79. The molecule has 0 amide bonds. The molecule has 0 fully saturated rings. The third-order valence-electron chi connectivity index (χ3n) is 2.37. The molecule has 1 unspecified atom stereocenters. The number of aliphatic hydroxyl groups is 1. The molecule has 0 spiro atoms. The van der Waals surface area contributed by atoms with E-state index >= 15 is 0 Å². The van der Waals surface area contributed by atoms with Crippen molar-refractivity contribution >= 4 is 0 Å². The van der Waals surface area contributed by atoms with Crippen LogP contribution >= 0.6 is 0 Å². The Labute approximate surface area is 70.8 Å². The zero-order valence-corrected chi connectivity index (χ0v) is 8.19. The Hall–Kier alpha value is -0.0400. The first-order valence-corrected chi connectivity index (χ1v) is 4.79. The molecule has 0 saturated carbocycles. The number of hydrogen-bond acceptors (Lipinski definition) is 1. The lowest BCUT2D eigenvalue weighted by Crippen LogP contribution is -2.20. The molecule has 0 radical (unpaired) electrons. The summed E-state index contributed by atoms with van der Waals surface area (Å²) in [6, 6.07) is 0.